The third-order valence-corrected chi connectivity index (χ3v) is 4.51. The van der Waals surface area contributed by atoms with Gasteiger partial charge in [0, 0.05) is 11.1 Å². The van der Waals surface area contributed by atoms with Gasteiger partial charge in [0.15, 0.2) is 5.75 Å². The van der Waals surface area contributed by atoms with Crippen LogP contribution in [-0.4, -0.2) is 29.9 Å². The maximum absolute atomic E-state index is 5.79. The minimum absolute atomic E-state index is 0.649. The maximum atomic E-state index is 5.79. The van der Waals surface area contributed by atoms with Crippen LogP contribution in [0.5, 0.6) is 5.75 Å². The maximum Gasteiger partial charge on any atom is 0.161 e. The monoisotopic (exact) mass is 249 g/mol. The van der Waals surface area contributed by atoms with Crippen LogP contribution in [0.4, 0.5) is 0 Å². The molecule has 0 aromatic carbocycles. The number of rotatable bonds is 3. The molecule has 2 aromatic heterocycles. The summed E-state index contributed by atoms with van der Waals surface area (Å²) in [7, 11) is -1.52. The lowest BCUT2D eigenvalue weighted by Gasteiger charge is -2.20. The Balaban J connectivity index is 2.77. The van der Waals surface area contributed by atoms with Crippen molar-refractivity contribution in [3.05, 3.63) is 11.9 Å². The zero-order valence-electron chi connectivity index (χ0n) is 11.1. The zero-order chi connectivity index (χ0) is 12.6. The Kier molecular flexibility index (Phi) is 2.95. The van der Waals surface area contributed by atoms with E-state index >= 15 is 0 Å². The molecular formula is C12H19N3OSi. The number of aromatic nitrogens is 3. The van der Waals surface area contributed by atoms with Gasteiger partial charge in [0.2, 0.25) is 0 Å². The minimum atomic E-state index is -1.52. The van der Waals surface area contributed by atoms with Crippen molar-refractivity contribution in [2.75, 3.05) is 6.61 Å². The van der Waals surface area contributed by atoms with E-state index < -0.39 is 8.07 Å². The molecule has 2 rings (SSSR count). The molecule has 2 aromatic rings. The Morgan fingerprint density at radius 1 is 1.35 bits per heavy atom. The van der Waals surface area contributed by atoms with Crippen molar-refractivity contribution in [1.82, 2.24) is 15.2 Å². The van der Waals surface area contributed by atoms with Gasteiger partial charge in [0.25, 0.3) is 0 Å². The van der Waals surface area contributed by atoms with Gasteiger partial charge >= 0.3 is 0 Å². The highest BCUT2D eigenvalue weighted by molar-refractivity contribution is 6.88. The first-order valence-electron chi connectivity index (χ1n) is 5.92. The quantitative estimate of drug-likeness (QED) is 0.849. The predicted octanol–water partition coefficient (Wildman–Crippen LogP) is 2.21. The van der Waals surface area contributed by atoms with E-state index in [1.165, 1.54) is 0 Å². The van der Waals surface area contributed by atoms with E-state index in [2.05, 4.69) is 29.8 Å². The van der Waals surface area contributed by atoms with E-state index in [1.54, 1.807) is 0 Å². The van der Waals surface area contributed by atoms with Crippen molar-refractivity contribution >= 4 is 24.3 Å². The summed E-state index contributed by atoms with van der Waals surface area (Å²) in [4.78, 5) is 4.74. The fourth-order valence-corrected chi connectivity index (χ4v) is 3.31. The van der Waals surface area contributed by atoms with Crippen molar-refractivity contribution in [2.45, 2.75) is 33.5 Å². The van der Waals surface area contributed by atoms with E-state index in [1.807, 2.05) is 20.0 Å². The standard InChI is InChI=1S/C12H19N3OSi/c1-6-16-11-10-9(7-13-15-10)8(2)14-12(11)17(3,4)5/h7H,6H2,1-5H3,(H,13,15). The van der Waals surface area contributed by atoms with Crippen LogP contribution in [0.3, 0.4) is 0 Å². The van der Waals surface area contributed by atoms with E-state index in [4.69, 9.17) is 9.72 Å². The van der Waals surface area contributed by atoms with Crippen LogP contribution >= 0.6 is 0 Å². The molecule has 0 aliphatic heterocycles. The van der Waals surface area contributed by atoms with Crippen LogP contribution in [0, 0.1) is 6.92 Å². The first kappa shape index (κ1) is 12.1. The molecule has 0 unspecified atom stereocenters. The number of ether oxygens (including phenoxy) is 1. The average Bonchev–Trinajstić information content (AvgIpc) is 2.69. The van der Waals surface area contributed by atoms with Crippen LogP contribution in [0.15, 0.2) is 6.20 Å². The zero-order valence-corrected chi connectivity index (χ0v) is 12.1. The van der Waals surface area contributed by atoms with Gasteiger partial charge in [-0.25, -0.2) is 0 Å². The van der Waals surface area contributed by atoms with E-state index in [9.17, 15) is 0 Å². The summed E-state index contributed by atoms with van der Waals surface area (Å²) in [6.07, 6.45) is 1.81. The number of nitrogens with zero attached hydrogens (tertiary/aromatic N) is 2. The molecule has 0 radical (unpaired) electrons. The number of hydrogen-bond acceptors (Lipinski definition) is 3. The molecule has 0 aliphatic carbocycles. The molecule has 0 amide bonds. The smallest absolute Gasteiger partial charge is 0.161 e. The SMILES string of the molecule is CCOc1c([Si](C)(C)C)nc(C)c2cn[nH]c12. The number of aryl methyl sites for hydroxylation is 1. The second kappa shape index (κ2) is 4.14. The molecule has 1 N–H and O–H groups in total. The number of H-pyrrole nitrogens is 1. The summed E-state index contributed by atoms with van der Waals surface area (Å²) in [6.45, 7) is 11.5. The molecule has 17 heavy (non-hydrogen) atoms. The van der Waals surface area contributed by atoms with Crippen molar-refractivity contribution in [3.63, 3.8) is 0 Å². The lowest BCUT2D eigenvalue weighted by Crippen LogP contribution is -2.41. The highest BCUT2D eigenvalue weighted by atomic mass is 28.3. The fraction of sp³-hybridized carbons (Fsp3) is 0.500. The van der Waals surface area contributed by atoms with Gasteiger partial charge in [-0.2, -0.15) is 5.10 Å². The van der Waals surface area contributed by atoms with Gasteiger partial charge in [0.1, 0.15) is 13.6 Å². The molecular weight excluding hydrogens is 230 g/mol. The van der Waals surface area contributed by atoms with Crippen LogP contribution in [-0.2, 0) is 0 Å². The minimum Gasteiger partial charge on any atom is -0.490 e. The van der Waals surface area contributed by atoms with Crippen LogP contribution in [0.25, 0.3) is 10.9 Å². The number of nitrogens with one attached hydrogen (secondary N) is 1. The van der Waals surface area contributed by atoms with Crippen molar-refractivity contribution < 1.29 is 4.74 Å². The average molecular weight is 249 g/mol. The van der Waals surface area contributed by atoms with E-state index in [0.717, 1.165) is 27.7 Å². The molecule has 0 saturated heterocycles. The topological polar surface area (TPSA) is 50.8 Å². The molecule has 0 spiro atoms. The van der Waals surface area contributed by atoms with Gasteiger partial charge < -0.3 is 4.74 Å². The molecule has 4 nitrogen and oxygen atoms in total. The molecule has 0 aliphatic rings. The van der Waals surface area contributed by atoms with Gasteiger partial charge in [-0.1, -0.05) is 19.6 Å². The first-order chi connectivity index (χ1) is 7.95. The number of aromatic amines is 1. The molecule has 2 heterocycles. The fourth-order valence-electron chi connectivity index (χ4n) is 1.92. The van der Waals surface area contributed by atoms with Crippen LogP contribution in [0.2, 0.25) is 19.6 Å². The third kappa shape index (κ3) is 2.07. The molecule has 0 bridgehead atoms. The van der Waals surface area contributed by atoms with Gasteiger partial charge in [-0.3, -0.25) is 10.1 Å². The largest absolute Gasteiger partial charge is 0.490 e. The summed E-state index contributed by atoms with van der Waals surface area (Å²) in [5.74, 6) is 0.893. The Morgan fingerprint density at radius 2 is 2.06 bits per heavy atom. The van der Waals surface area contributed by atoms with Crippen LogP contribution in [0.1, 0.15) is 12.6 Å². The molecule has 5 heteroatoms. The highest BCUT2D eigenvalue weighted by Crippen LogP contribution is 2.25. The highest BCUT2D eigenvalue weighted by Gasteiger charge is 2.26. The second-order valence-corrected chi connectivity index (χ2v) is 10.2. The van der Waals surface area contributed by atoms with Crippen molar-refractivity contribution in [3.8, 4) is 5.75 Å². The second-order valence-electron chi connectivity index (χ2n) is 5.22. The lowest BCUT2D eigenvalue weighted by molar-refractivity contribution is 0.345. The third-order valence-electron chi connectivity index (χ3n) is 2.75. The summed E-state index contributed by atoms with van der Waals surface area (Å²) < 4.78 is 5.79. The van der Waals surface area contributed by atoms with Gasteiger partial charge in [-0.15, -0.1) is 0 Å². The van der Waals surface area contributed by atoms with Gasteiger partial charge in [-0.05, 0) is 13.8 Å². The predicted molar refractivity (Wildman–Crippen MR) is 72.8 cm³/mol. The van der Waals surface area contributed by atoms with Crippen LogP contribution < -0.4 is 10.1 Å². The van der Waals surface area contributed by atoms with Crippen molar-refractivity contribution in [1.29, 1.82) is 0 Å². The summed E-state index contributed by atoms with van der Waals surface area (Å²) in [5.41, 5.74) is 2.01. The van der Waals surface area contributed by atoms with Crippen molar-refractivity contribution in [2.24, 2.45) is 0 Å². The molecule has 0 atom stereocenters. The summed E-state index contributed by atoms with van der Waals surface area (Å²) >= 11 is 0. The Morgan fingerprint density at radius 3 is 2.65 bits per heavy atom. The van der Waals surface area contributed by atoms with E-state index in [-0.39, 0.29) is 0 Å². The molecule has 0 saturated carbocycles. The Bertz CT molecular complexity index is 542. The molecule has 92 valence electrons. The van der Waals surface area contributed by atoms with E-state index in [0.29, 0.717) is 6.61 Å². The lowest BCUT2D eigenvalue weighted by atomic mass is 10.2. The Hall–Kier alpha value is -1.36. The summed E-state index contributed by atoms with van der Waals surface area (Å²) in [6, 6.07) is 0. The number of fused-ring (bicyclic) bond motifs is 1. The first-order valence-corrected chi connectivity index (χ1v) is 9.42. The van der Waals surface area contributed by atoms with Gasteiger partial charge in [0.05, 0.1) is 18.1 Å². The number of pyridine rings is 1. The molecule has 0 fully saturated rings. The summed E-state index contributed by atoms with van der Waals surface area (Å²) in [5, 5.41) is 9.30. The normalized spacial score (nSPS) is 12.1. The number of hydrogen-bond donors (Lipinski definition) is 1. The Labute approximate surface area is 102 Å².